The molecule has 0 atom stereocenters. The summed E-state index contributed by atoms with van der Waals surface area (Å²) < 4.78 is 0. The summed E-state index contributed by atoms with van der Waals surface area (Å²) in [5.41, 5.74) is 4.40. The van der Waals surface area contributed by atoms with Crippen LogP contribution >= 0.6 is 0 Å². The van der Waals surface area contributed by atoms with Gasteiger partial charge in [0.1, 0.15) is 0 Å². The van der Waals surface area contributed by atoms with E-state index in [2.05, 4.69) is 65.6 Å². The van der Waals surface area contributed by atoms with Crippen molar-refractivity contribution in [2.45, 2.75) is 0 Å². The first kappa shape index (κ1) is 10.9. The van der Waals surface area contributed by atoms with Crippen molar-refractivity contribution in [2.75, 3.05) is 0 Å². The zero-order chi connectivity index (χ0) is 13.8. The summed E-state index contributed by atoms with van der Waals surface area (Å²) in [6.45, 7) is 0. The minimum atomic E-state index is 1.05. The van der Waals surface area contributed by atoms with Gasteiger partial charge in [-0.25, -0.2) is 4.98 Å². The monoisotopic (exact) mass is 268 g/mol. The van der Waals surface area contributed by atoms with Gasteiger partial charge in [0.2, 0.25) is 0 Å². The molecule has 0 saturated carbocycles. The van der Waals surface area contributed by atoms with Crippen LogP contribution in [0.4, 0.5) is 0 Å². The number of pyridine rings is 1. The molecule has 1 N–H and O–H groups in total. The van der Waals surface area contributed by atoms with Gasteiger partial charge in [-0.3, -0.25) is 0 Å². The lowest BCUT2D eigenvalue weighted by Gasteiger charge is -2.03. The third-order valence-corrected chi connectivity index (χ3v) is 4.14. The molecule has 2 aromatic heterocycles. The zero-order valence-corrected chi connectivity index (χ0v) is 11.3. The Balaban J connectivity index is 1.99. The zero-order valence-electron chi connectivity index (χ0n) is 11.3. The number of H-pyrrole nitrogens is 1. The average Bonchev–Trinajstić information content (AvgIpc) is 2.88. The van der Waals surface area contributed by atoms with Gasteiger partial charge in [0.25, 0.3) is 0 Å². The van der Waals surface area contributed by atoms with Crippen LogP contribution in [-0.4, -0.2) is 9.97 Å². The molecule has 0 bridgehead atoms. The molecular weight excluding hydrogens is 256 g/mol. The number of benzene rings is 3. The summed E-state index contributed by atoms with van der Waals surface area (Å²) in [5, 5.41) is 4.90. The van der Waals surface area contributed by atoms with Gasteiger partial charge >= 0.3 is 0 Å². The van der Waals surface area contributed by atoms with Gasteiger partial charge in [0, 0.05) is 21.8 Å². The molecule has 0 unspecified atom stereocenters. The SMILES string of the molecule is c1ccc2[nH]c3cc4nc5ccccc5c4cc3cc2c1. The molecule has 2 nitrogen and oxygen atoms in total. The van der Waals surface area contributed by atoms with E-state index in [1.54, 1.807) is 0 Å². The predicted octanol–water partition coefficient (Wildman–Crippen LogP) is 5.02. The number of hydrogen-bond donors (Lipinski definition) is 1. The van der Waals surface area contributed by atoms with Crippen LogP contribution in [0.2, 0.25) is 0 Å². The van der Waals surface area contributed by atoms with Crippen LogP contribution in [0.25, 0.3) is 43.6 Å². The molecule has 2 heteroatoms. The van der Waals surface area contributed by atoms with Crippen molar-refractivity contribution >= 4 is 43.6 Å². The molecule has 0 saturated heterocycles. The number of fused-ring (bicyclic) bond motifs is 5. The topological polar surface area (TPSA) is 28.7 Å². The van der Waals surface area contributed by atoms with Gasteiger partial charge < -0.3 is 4.98 Å². The molecule has 5 aromatic rings. The van der Waals surface area contributed by atoms with E-state index in [0.29, 0.717) is 0 Å². The lowest BCUT2D eigenvalue weighted by Crippen LogP contribution is -1.82. The first-order valence-electron chi connectivity index (χ1n) is 7.08. The maximum atomic E-state index is 4.73. The summed E-state index contributed by atoms with van der Waals surface area (Å²) in [7, 11) is 0. The van der Waals surface area contributed by atoms with E-state index in [1.807, 2.05) is 6.07 Å². The fraction of sp³-hybridized carbons (Fsp3) is 0. The number of aromatic amines is 1. The Morgan fingerprint density at radius 2 is 1.48 bits per heavy atom. The second-order valence-corrected chi connectivity index (χ2v) is 5.44. The number of nitrogens with zero attached hydrogens (tertiary/aromatic N) is 1. The molecule has 0 spiro atoms. The molecule has 5 rings (SSSR count). The number of aromatic nitrogens is 2. The van der Waals surface area contributed by atoms with Gasteiger partial charge in [-0.2, -0.15) is 0 Å². The van der Waals surface area contributed by atoms with Gasteiger partial charge in [-0.15, -0.1) is 0 Å². The molecule has 98 valence electrons. The highest BCUT2D eigenvalue weighted by atomic mass is 14.7. The molecular formula is C19H12N2. The predicted molar refractivity (Wildman–Crippen MR) is 88.6 cm³/mol. The summed E-state index contributed by atoms with van der Waals surface area (Å²) in [6, 6.07) is 23.3. The fourth-order valence-electron chi connectivity index (χ4n) is 3.12. The third-order valence-electron chi connectivity index (χ3n) is 4.14. The Morgan fingerprint density at radius 3 is 2.48 bits per heavy atom. The standard InChI is InChI=1S/C19H12N2/c1-3-7-16-12(5-1)9-13-10-15-14-6-2-4-8-17(14)21-19(15)11-18(13)20-16/h1-11,20H. The van der Waals surface area contributed by atoms with Crippen LogP contribution < -0.4 is 0 Å². The van der Waals surface area contributed by atoms with Gasteiger partial charge in [-0.1, -0.05) is 36.4 Å². The molecule has 0 aliphatic rings. The third kappa shape index (κ3) is 1.50. The van der Waals surface area contributed by atoms with Crippen LogP contribution in [0.5, 0.6) is 0 Å². The summed E-state index contributed by atoms with van der Waals surface area (Å²) in [5.74, 6) is 0. The van der Waals surface area contributed by atoms with Crippen molar-refractivity contribution in [1.29, 1.82) is 0 Å². The van der Waals surface area contributed by atoms with Crippen molar-refractivity contribution in [3.05, 3.63) is 66.7 Å². The Labute approximate surface area is 121 Å². The quantitative estimate of drug-likeness (QED) is 0.392. The minimum absolute atomic E-state index is 1.05. The van der Waals surface area contributed by atoms with Crippen molar-refractivity contribution in [1.82, 2.24) is 9.97 Å². The second-order valence-electron chi connectivity index (χ2n) is 5.44. The largest absolute Gasteiger partial charge is 0.354 e. The van der Waals surface area contributed by atoms with Crippen LogP contribution in [-0.2, 0) is 0 Å². The van der Waals surface area contributed by atoms with E-state index in [9.17, 15) is 0 Å². The van der Waals surface area contributed by atoms with E-state index in [0.717, 1.165) is 22.1 Å². The lowest BCUT2D eigenvalue weighted by molar-refractivity contribution is 1.49. The lowest BCUT2D eigenvalue weighted by atomic mass is 10.1. The Hall–Kier alpha value is -2.87. The highest BCUT2D eigenvalue weighted by Gasteiger charge is 2.07. The first-order chi connectivity index (χ1) is 10.4. The van der Waals surface area contributed by atoms with Crippen LogP contribution in [0, 0.1) is 0 Å². The smallest absolute Gasteiger partial charge is 0.0737 e. The van der Waals surface area contributed by atoms with Gasteiger partial charge in [0.05, 0.1) is 11.0 Å². The highest BCUT2D eigenvalue weighted by molar-refractivity contribution is 6.12. The fourth-order valence-corrected chi connectivity index (χ4v) is 3.12. The number of hydrogen-bond acceptors (Lipinski definition) is 1. The maximum absolute atomic E-state index is 4.73. The summed E-state index contributed by atoms with van der Waals surface area (Å²) in [6.07, 6.45) is 0. The molecule has 0 amide bonds. The summed E-state index contributed by atoms with van der Waals surface area (Å²) in [4.78, 5) is 8.23. The van der Waals surface area contributed by atoms with Gasteiger partial charge in [-0.05, 0) is 41.1 Å². The molecule has 2 heterocycles. The Morgan fingerprint density at radius 1 is 0.619 bits per heavy atom. The number of nitrogens with one attached hydrogen (secondary N) is 1. The highest BCUT2D eigenvalue weighted by Crippen LogP contribution is 2.30. The summed E-state index contributed by atoms with van der Waals surface area (Å²) >= 11 is 0. The van der Waals surface area contributed by atoms with Crippen molar-refractivity contribution < 1.29 is 0 Å². The van der Waals surface area contributed by atoms with E-state index in [-0.39, 0.29) is 0 Å². The van der Waals surface area contributed by atoms with Crippen LogP contribution in [0.3, 0.4) is 0 Å². The Bertz CT molecular complexity index is 1130. The van der Waals surface area contributed by atoms with Crippen LogP contribution in [0.1, 0.15) is 0 Å². The van der Waals surface area contributed by atoms with E-state index >= 15 is 0 Å². The molecule has 0 aliphatic carbocycles. The first-order valence-corrected chi connectivity index (χ1v) is 7.08. The van der Waals surface area contributed by atoms with Crippen molar-refractivity contribution in [3.8, 4) is 0 Å². The Kier molecular flexibility index (Phi) is 1.98. The van der Waals surface area contributed by atoms with E-state index in [4.69, 9.17) is 4.98 Å². The van der Waals surface area contributed by atoms with Gasteiger partial charge in [0.15, 0.2) is 0 Å². The molecule has 21 heavy (non-hydrogen) atoms. The second kappa shape index (κ2) is 3.83. The molecule has 0 fully saturated rings. The maximum Gasteiger partial charge on any atom is 0.0737 e. The molecule has 3 aromatic carbocycles. The molecule has 0 radical (unpaired) electrons. The van der Waals surface area contributed by atoms with Crippen molar-refractivity contribution in [2.24, 2.45) is 0 Å². The number of rotatable bonds is 0. The number of para-hydroxylation sites is 2. The van der Waals surface area contributed by atoms with Crippen molar-refractivity contribution in [3.63, 3.8) is 0 Å². The minimum Gasteiger partial charge on any atom is -0.354 e. The average molecular weight is 268 g/mol. The molecule has 0 aliphatic heterocycles. The van der Waals surface area contributed by atoms with E-state index in [1.165, 1.54) is 21.5 Å². The van der Waals surface area contributed by atoms with Crippen LogP contribution in [0.15, 0.2) is 66.7 Å². The van der Waals surface area contributed by atoms with E-state index < -0.39 is 0 Å². The normalized spacial score (nSPS) is 11.8.